The molecule has 1 aliphatic carbocycles. The van der Waals surface area contributed by atoms with Gasteiger partial charge in [-0.2, -0.15) is 5.26 Å². The van der Waals surface area contributed by atoms with Crippen LogP contribution in [0.1, 0.15) is 27.7 Å². The van der Waals surface area contributed by atoms with Crippen LogP contribution >= 0.6 is 0 Å². The van der Waals surface area contributed by atoms with Crippen LogP contribution in [0.4, 0.5) is 0 Å². The van der Waals surface area contributed by atoms with Gasteiger partial charge in [-0.1, -0.05) is 45.9 Å². The van der Waals surface area contributed by atoms with Gasteiger partial charge in [0, 0.05) is 5.41 Å². The van der Waals surface area contributed by atoms with Gasteiger partial charge >= 0.3 is 0 Å². The molecule has 0 aromatic heterocycles. The first kappa shape index (κ1) is 10.8. The Labute approximate surface area is 86.4 Å². The molecule has 0 saturated heterocycles. The SMILES string of the molecule is CC(C)(C)C1(C)C=CC=C(C#N)C=C1. The lowest BCUT2D eigenvalue weighted by Crippen LogP contribution is -2.28. The van der Waals surface area contributed by atoms with Gasteiger partial charge in [0.25, 0.3) is 0 Å². The fraction of sp³-hybridized carbons (Fsp3) is 0.462. The summed E-state index contributed by atoms with van der Waals surface area (Å²) in [7, 11) is 0. The summed E-state index contributed by atoms with van der Waals surface area (Å²) in [5.74, 6) is 0. The van der Waals surface area contributed by atoms with Crippen molar-refractivity contribution in [2.24, 2.45) is 10.8 Å². The molecule has 0 heterocycles. The highest BCUT2D eigenvalue weighted by molar-refractivity contribution is 5.40. The molecule has 0 amide bonds. The molecular weight excluding hydrogens is 170 g/mol. The number of nitrogens with zero attached hydrogens (tertiary/aromatic N) is 1. The molecule has 1 heteroatoms. The zero-order valence-electron chi connectivity index (χ0n) is 9.33. The number of allylic oxidation sites excluding steroid dienone is 6. The van der Waals surface area contributed by atoms with Crippen LogP contribution < -0.4 is 0 Å². The highest BCUT2D eigenvalue weighted by Crippen LogP contribution is 2.41. The Morgan fingerprint density at radius 1 is 1.29 bits per heavy atom. The molecular formula is C13H17N. The van der Waals surface area contributed by atoms with Crippen molar-refractivity contribution in [3.63, 3.8) is 0 Å². The number of hydrogen-bond donors (Lipinski definition) is 0. The lowest BCUT2D eigenvalue weighted by molar-refractivity contribution is 0.228. The summed E-state index contributed by atoms with van der Waals surface area (Å²) in [4.78, 5) is 0. The van der Waals surface area contributed by atoms with Crippen LogP contribution in [0.2, 0.25) is 0 Å². The normalized spacial score (nSPS) is 26.6. The summed E-state index contributed by atoms with van der Waals surface area (Å²) in [6.45, 7) is 8.81. The highest BCUT2D eigenvalue weighted by atomic mass is 14.4. The van der Waals surface area contributed by atoms with E-state index in [1.54, 1.807) is 0 Å². The van der Waals surface area contributed by atoms with Gasteiger partial charge < -0.3 is 0 Å². The van der Waals surface area contributed by atoms with E-state index >= 15 is 0 Å². The summed E-state index contributed by atoms with van der Waals surface area (Å²) >= 11 is 0. The van der Waals surface area contributed by atoms with Gasteiger partial charge in [0.05, 0.1) is 11.6 Å². The van der Waals surface area contributed by atoms with Crippen molar-refractivity contribution < 1.29 is 0 Å². The molecule has 0 radical (unpaired) electrons. The molecule has 0 fully saturated rings. The lowest BCUT2D eigenvalue weighted by atomic mass is 9.68. The van der Waals surface area contributed by atoms with Gasteiger partial charge in [-0.15, -0.1) is 0 Å². The van der Waals surface area contributed by atoms with Gasteiger partial charge in [0.1, 0.15) is 0 Å². The molecule has 0 aromatic carbocycles. The Bertz CT molecular complexity index is 344. The number of nitriles is 1. The van der Waals surface area contributed by atoms with Gasteiger partial charge in [-0.3, -0.25) is 0 Å². The predicted octanol–water partition coefficient (Wildman–Crippen LogP) is 3.61. The van der Waals surface area contributed by atoms with Gasteiger partial charge in [-0.25, -0.2) is 0 Å². The van der Waals surface area contributed by atoms with Crippen molar-refractivity contribution in [1.29, 1.82) is 5.26 Å². The van der Waals surface area contributed by atoms with Crippen LogP contribution in [-0.2, 0) is 0 Å². The maximum absolute atomic E-state index is 8.79. The van der Waals surface area contributed by atoms with E-state index in [1.165, 1.54) is 0 Å². The van der Waals surface area contributed by atoms with Crippen LogP contribution in [0.3, 0.4) is 0 Å². The Hall–Kier alpha value is -1.29. The second-order valence-electron chi connectivity index (χ2n) is 4.96. The third-order valence-electron chi connectivity index (χ3n) is 3.07. The summed E-state index contributed by atoms with van der Waals surface area (Å²) in [5, 5.41) is 8.79. The monoisotopic (exact) mass is 187 g/mol. The highest BCUT2D eigenvalue weighted by Gasteiger charge is 2.32. The molecule has 0 aliphatic heterocycles. The van der Waals surface area contributed by atoms with Gasteiger partial charge in [0.15, 0.2) is 0 Å². The Morgan fingerprint density at radius 3 is 2.43 bits per heavy atom. The minimum Gasteiger partial charge on any atom is -0.192 e. The van der Waals surface area contributed by atoms with E-state index < -0.39 is 0 Å². The quantitative estimate of drug-likeness (QED) is 0.568. The van der Waals surface area contributed by atoms with Crippen molar-refractivity contribution in [2.75, 3.05) is 0 Å². The molecule has 0 N–H and O–H groups in total. The molecule has 74 valence electrons. The Kier molecular flexibility index (Phi) is 2.66. The van der Waals surface area contributed by atoms with Crippen LogP contribution in [0.25, 0.3) is 0 Å². The summed E-state index contributed by atoms with van der Waals surface area (Å²) in [6, 6.07) is 2.16. The summed E-state index contributed by atoms with van der Waals surface area (Å²) in [5.41, 5.74) is 0.898. The minimum atomic E-state index is 0.0160. The minimum absolute atomic E-state index is 0.0160. The first-order valence-corrected chi connectivity index (χ1v) is 4.88. The second kappa shape index (κ2) is 3.46. The molecule has 1 atom stereocenters. The average Bonchev–Trinajstić information content (AvgIpc) is 2.27. The molecule has 0 saturated carbocycles. The average molecular weight is 187 g/mol. The van der Waals surface area contributed by atoms with E-state index in [0.29, 0.717) is 5.57 Å². The van der Waals surface area contributed by atoms with Gasteiger partial charge in [-0.05, 0) is 17.6 Å². The van der Waals surface area contributed by atoms with Crippen LogP contribution in [0, 0.1) is 22.2 Å². The maximum atomic E-state index is 8.79. The van der Waals surface area contributed by atoms with Gasteiger partial charge in [0.2, 0.25) is 0 Å². The van der Waals surface area contributed by atoms with Crippen molar-refractivity contribution in [3.8, 4) is 6.07 Å². The number of rotatable bonds is 0. The fourth-order valence-electron chi connectivity index (χ4n) is 1.30. The zero-order chi connectivity index (χ0) is 10.8. The largest absolute Gasteiger partial charge is 0.192 e. The van der Waals surface area contributed by atoms with E-state index in [-0.39, 0.29) is 10.8 Å². The van der Waals surface area contributed by atoms with Crippen LogP contribution in [0.15, 0.2) is 36.0 Å². The van der Waals surface area contributed by atoms with Crippen molar-refractivity contribution in [1.82, 2.24) is 0 Å². The molecule has 0 bridgehead atoms. The Morgan fingerprint density at radius 2 is 1.93 bits per heavy atom. The van der Waals surface area contributed by atoms with E-state index in [1.807, 2.05) is 18.2 Å². The van der Waals surface area contributed by atoms with E-state index in [2.05, 4.69) is 45.9 Å². The second-order valence-corrected chi connectivity index (χ2v) is 4.96. The maximum Gasteiger partial charge on any atom is 0.0991 e. The zero-order valence-corrected chi connectivity index (χ0v) is 9.33. The molecule has 1 unspecified atom stereocenters. The standard InChI is InChI=1S/C13H17N/c1-12(2,3)13(4)8-5-6-11(10-14)7-9-13/h5-9H,1-4H3. The van der Waals surface area contributed by atoms with Crippen LogP contribution in [0.5, 0.6) is 0 Å². The summed E-state index contributed by atoms with van der Waals surface area (Å²) in [6.07, 6.45) is 10.0. The fourth-order valence-corrected chi connectivity index (χ4v) is 1.30. The molecule has 14 heavy (non-hydrogen) atoms. The van der Waals surface area contributed by atoms with Crippen molar-refractivity contribution in [3.05, 3.63) is 36.0 Å². The first-order chi connectivity index (χ1) is 6.39. The lowest BCUT2D eigenvalue weighted by Gasteiger charge is -2.36. The van der Waals surface area contributed by atoms with E-state index in [9.17, 15) is 0 Å². The third-order valence-corrected chi connectivity index (χ3v) is 3.07. The number of hydrogen-bond acceptors (Lipinski definition) is 1. The Balaban J connectivity index is 3.07. The molecule has 1 nitrogen and oxygen atoms in total. The molecule has 0 spiro atoms. The van der Waals surface area contributed by atoms with Crippen molar-refractivity contribution in [2.45, 2.75) is 27.7 Å². The first-order valence-electron chi connectivity index (χ1n) is 4.88. The smallest absolute Gasteiger partial charge is 0.0991 e. The van der Waals surface area contributed by atoms with Crippen molar-refractivity contribution >= 4 is 0 Å². The third kappa shape index (κ3) is 1.96. The topological polar surface area (TPSA) is 23.8 Å². The molecule has 0 aromatic rings. The van der Waals surface area contributed by atoms with Crippen LogP contribution in [-0.4, -0.2) is 0 Å². The molecule has 1 rings (SSSR count). The van der Waals surface area contributed by atoms with E-state index in [0.717, 1.165) is 0 Å². The summed E-state index contributed by atoms with van der Waals surface area (Å²) < 4.78 is 0. The van der Waals surface area contributed by atoms with E-state index in [4.69, 9.17) is 5.26 Å². The predicted molar refractivity (Wildman–Crippen MR) is 59.5 cm³/mol. The molecule has 1 aliphatic rings.